The van der Waals surface area contributed by atoms with E-state index in [9.17, 15) is 4.79 Å². The summed E-state index contributed by atoms with van der Waals surface area (Å²) in [6, 6.07) is 12.0. The normalized spacial score (nSPS) is 15.3. The second-order valence-electron chi connectivity index (χ2n) is 5.99. The fraction of sp³-hybridized carbons (Fsp3) is 0.389. The van der Waals surface area contributed by atoms with E-state index in [1.807, 2.05) is 23.1 Å². The molecule has 1 aliphatic rings. The highest BCUT2D eigenvalue weighted by Crippen LogP contribution is 2.26. The van der Waals surface area contributed by atoms with E-state index in [1.54, 1.807) is 6.07 Å². The number of amides is 1. The minimum atomic E-state index is -0.0206. The van der Waals surface area contributed by atoms with Gasteiger partial charge in [-0.15, -0.1) is 0 Å². The third-order valence-electron chi connectivity index (χ3n) is 4.06. The Bertz CT molecular complexity index is 655. The monoisotopic (exact) mass is 298 g/mol. The average molecular weight is 298 g/mol. The van der Waals surface area contributed by atoms with Crippen LogP contribution in [0, 0.1) is 0 Å². The van der Waals surface area contributed by atoms with Crippen LogP contribution in [0.3, 0.4) is 0 Å². The van der Waals surface area contributed by atoms with Gasteiger partial charge in [0.25, 0.3) is 5.91 Å². The number of hydrogen-bond donors (Lipinski definition) is 1. The molecule has 1 aliphatic heterocycles. The SMILES string of the molecule is CC(C)c1cccc(-c2ccc(C(=O)N3CCNCC3)o2)c1. The third kappa shape index (κ3) is 3.07. The molecule has 1 amide bonds. The van der Waals surface area contributed by atoms with Crippen LogP contribution >= 0.6 is 0 Å². The molecule has 0 atom stereocenters. The molecule has 3 rings (SSSR count). The maximum Gasteiger partial charge on any atom is 0.289 e. The van der Waals surface area contributed by atoms with Crippen LogP contribution in [0.15, 0.2) is 40.8 Å². The number of carbonyl (C=O) groups is 1. The Hall–Kier alpha value is -2.07. The summed E-state index contributed by atoms with van der Waals surface area (Å²) in [7, 11) is 0. The molecule has 0 radical (unpaired) electrons. The van der Waals surface area contributed by atoms with Crippen LogP contribution in [0.4, 0.5) is 0 Å². The number of rotatable bonds is 3. The van der Waals surface area contributed by atoms with Gasteiger partial charge in [-0.05, 0) is 29.7 Å². The van der Waals surface area contributed by atoms with Gasteiger partial charge in [-0.1, -0.05) is 32.0 Å². The van der Waals surface area contributed by atoms with Gasteiger partial charge in [0, 0.05) is 31.7 Å². The molecule has 4 nitrogen and oxygen atoms in total. The van der Waals surface area contributed by atoms with E-state index in [4.69, 9.17) is 4.42 Å². The molecule has 0 bridgehead atoms. The predicted molar refractivity (Wildman–Crippen MR) is 87.0 cm³/mol. The predicted octanol–water partition coefficient (Wildman–Crippen LogP) is 3.12. The van der Waals surface area contributed by atoms with Gasteiger partial charge >= 0.3 is 0 Å². The van der Waals surface area contributed by atoms with Crippen LogP contribution in [0.2, 0.25) is 0 Å². The molecule has 4 heteroatoms. The molecule has 1 aromatic carbocycles. The van der Waals surface area contributed by atoms with Gasteiger partial charge in [0.1, 0.15) is 5.76 Å². The first-order valence-corrected chi connectivity index (χ1v) is 7.85. The van der Waals surface area contributed by atoms with Crippen LogP contribution in [-0.2, 0) is 0 Å². The van der Waals surface area contributed by atoms with Crippen molar-refractivity contribution in [3.8, 4) is 11.3 Å². The molecule has 1 saturated heterocycles. The lowest BCUT2D eigenvalue weighted by Gasteiger charge is -2.26. The summed E-state index contributed by atoms with van der Waals surface area (Å²) in [4.78, 5) is 14.3. The Balaban J connectivity index is 1.81. The number of nitrogens with one attached hydrogen (secondary N) is 1. The zero-order chi connectivity index (χ0) is 15.5. The van der Waals surface area contributed by atoms with Gasteiger partial charge in [-0.3, -0.25) is 4.79 Å². The van der Waals surface area contributed by atoms with Crippen molar-refractivity contribution < 1.29 is 9.21 Å². The highest BCUT2D eigenvalue weighted by Gasteiger charge is 2.21. The number of benzene rings is 1. The average Bonchev–Trinajstić information content (AvgIpc) is 3.05. The maximum atomic E-state index is 12.4. The largest absolute Gasteiger partial charge is 0.451 e. The Morgan fingerprint density at radius 2 is 1.95 bits per heavy atom. The lowest BCUT2D eigenvalue weighted by molar-refractivity contribution is 0.0704. The minimum Gasteiger partial charge on any atom is -0.451 e. The fourth-order valence-electron chi connectivity index (χ4n) is 2.68. The quantitative estimate of drug-likeness (QED) is 0.947. The molecular weight excluding hydrogens is 276 g/mol. The lowest BCUT2D eigenvalue weighted by Crippen LogP contribution is -2.46. The summed E-state index contributed by atoms with van der Waals surface area (Å²) in [6.45, 7) is 7.49. The molecule has 1 aromatic heterocycles. The number of piperazine rings is 1. The zero-order valence-corrected chi connectivity index (χ0v) is 13.1. The minimum absolute atomic E-state index is 0.0206. The number of furan rings is 1. The van der Waals surface area contributed by atoms with Crippen molar-refractivity contribution in [3.63, 3.8) is 0 Å². The van der Waals surface area contributed by atoms with E-state index >= 15 is 0 Å². The summed E-state index contributed by atoms with van der Waals surface area (Å²) >= 11 is 0. The van der Waals surface area contributed by atoms with Crippen LogP contribution in [-0.4, -0.2) is 37.0 Å². The molecule has 0 spiro atoms. The molecule has 22 heavy (non-hydrogen) atoms. The summed E-state index contributed by atoms with van der Waals surface area (Å²) in [6.07, 6.45) is 0. The second-order valence-corrected chi connectivity index (χ2v) is 5.99. The maximum absolute atomic E-state index is 12.4. The number of nitrogens with zero attached hydrogens (tertiary/aromatic N) is 1. The van der Waals surface area contributed by atoms with E-state index in [0.29, 0.717) is 11.7 Å². The standard InChI is InChI=1S/C18H22N2O2/c1-13(2)14-4-3-5-15(12-14)16-6-7-17(22-16)18(21)20-10-8-19-9-11-20/h3-7,12-13,19H,8-11H2,1-2H3. The van der Waals surface area contributed by atoms with Crippen LogP contribution in [0.5, 0.6) is 0 Å². The summed E-state index contributed by atoms with van der Waals surface area (Å²) in [5.41, 5.74) is 2.29. The van der Waals surface area contributed by atoms with Crippen molar-refractivity contribution >= 4 is 5.91 Å². The molecule has 0 unspecified atom stereocenters. The van der Waals surface area contributed by atoms with E-state index in [-0.39, 0.29) is 5.91 Å². The summed E-state index contributed by atoms with van der Waals surface area (Å²) in [5.74, 6) is 1.62. The number of carbonyl (C=O) groups excluding carboxylic acids is 1. The second kappa shape index (κ2) is 6.36. The molecule has 2 aromatic rings. The third-order valence-corrected chi connectivity index (χ3v) is 4.06. The van der Waals surface area contributed by atoms with E-state index in [2.05, 4.69) is 31.3 Å². The van der Waals surface area contributed by atoms with Crippen LogP contribution in [0.25, 0.3) is 11.3 Å². The molecule has 1 fully saturated rings. The van der Waals surface area contributed by atoms with Gasteiger partial charge in [0.2, 0.25) is 0 Å². The van der Waals surface area contributed by atoms with E-state index in [1.165, 1.54) is 5.56 Å². The van der Waals surface area contributed by atoms with Crippen molar-refractivity contribution in [2.75, 3.05) is 26.2 Å². The van der Waals surface area contributed by atoms with Gasteiger partial charge in [-0.2, -0.15) is 0 Å². The Kier molecular flexibility index (Phi) is 4.29. The Morgan fingerprint density at radius 3 is 2.68 bits per heavy atom. The van der Waals surface area contributed by atoms with E-state index < -0.39 is 0 Å². The molecular formula is C18H22N2O2. The zero-order valence-electron chi connectivity index (χ0n) is 13.1. The highest BCUT2D eigenvalue weighted by atomic mass is 16.4. The van der Waals surface area contributed by atoms with Crippen molar-refractivity contribution in [3.05, 3.63) is 47.7 Å². The Labute approximate surface area is 131 Å². The highest BCUT2D eigenvalue weighted by molar-refractivity contribution is 5.92. The topological polar surface area (TPSA) is 45.5 Å². The van der Waals surface area contributed by atoms with Gasteiger partial charge in [0.05, 0.1) is 0 Å². The van der Waals surface area contributed by atoms with Gasteiger partial charge in [0.15, 0.2) is 5.76 Å². The van der Waals surface area contributed by atoms with Crippen molar-refractivity contribution in [2.45, 2.75) is 19.8 Å². The lowest BCUT2D eigenvalue weighted by atomic mass is 10.0. The molecule has 0 aliphatic carbocycles. The number of hydrogen-bond acceptors (Lipinski definition) is 3. The van der Waals surface area contributed by atoms with Crippen molar-refractivity contribution in [1.29, 1.82) is 0 Å². The molecule has 2 heterocycles. The summed E-state index contributed by atoms with van der Waals surface area (Å²) < 4.78 is 5.81. The van der Waals surface area contributed by atoms with Crippen LogP contribution < -0.4 is 5.32 Å². The summed E-state index contributed by atoms with van der Waals surface area (Å²) in [5, 5.41) is 3.24. The molecule has 1 N–H and O–H groups in total. The Morgan fingerprint density at radius 1 is 1.18 bits per heavy atom. The van der Waals surface area contributed by atoms with Gasteiger partial charge < -0.3 is 14.6 Å². The first-order valence-electron chi connectivity index (χ1n) is 7.85. The van der Waals surface area contributed by atoms with Gasteiger partial charge in [-0.25, -0.2) is 0 Å². The smallest absolute Gasteiger partial charge is 0.289 e. The van der Waals surface area contributed by atoms with Crippen LogP contribution in [0.1, 0.15) is 35.9 Å². The molecule has 0 saturated carbocycles. The van der Waals surface area contributed by atoms with Crippen molar-refractivity contribution in [1.82, 2.24) is 10.2 Å². The first-order chi connectivity index (χ1) is 10.6. The first kappa shape index (κ1) is 14.9. The van der Waals surface area contributed by atoms with Crippen molar-refractivity contribution in [2.24, 2.45) is 0 Å². The fourth-order valence-corrected chi connectivity index (χ4v) is 2.68. The molecule has 116 valence electrons. The van der Waals surface area contributed by atoms with E-state index in [0.717, 1.165) is 37.5 Å².